The maximum absolute atomic E-state index is 13.1. The molecule has 1 saturated heterocycles. The van der Waals surface area contributed by atoms with E-state index < -0.39 is 0 Å². The molecule has 6 nitrogen and oxygen atoms in total. The van der Waals surface area contributed by atoms with Crippen LogP contribution in [0, 0.1) is 0 Å². The number of ether oxygens (including phenoxy) is 1. The molecule has 1 fully saturated rings. The number of carbonyl (C=O) groups excluding carboxylic acids is 1. The predicted molar refractivity (Wildman–Crippen MR) is 120 cm³/mol. The van der Waals surface area contributed by atoms with Gasteiger partial charge in [0.25, 0.3) is 5.91 Å². The Morgan fingerprint density at radius 2 is 1.73 bits per heavy atom. The third kappa shape index (κ3) is 5.22. The Bertz CT molecular complexity index is 841. The lowest BCUT2D eigenvalue weighted by molar-refractivity contribution is 0.0621. The average Bonchev–Trinajstić information content (AvgIpc) is 3.16. The number of carbonyl (C=O) groups is 1. The second-order valence-corrected chi connectivity index (χ2v) is 9.34. The first-order valence-electron chi connectivity index (χ1n) is 11.0. The molecule has 2 aromatic rings. The smallest absolute Gasteiger partial charge is 0.274 e. The number of benzene rings is 1. The van der Waals surface area contributed by atoms with Crippen molar-refractivity contribution in [2.75, 3.05) is 32.8 Å². The standard InChI is InChI=1S/C24H36N4O2/c1-7-30-20-10-8-19(9-11-20)17-26-12-14-27(15-13-26)23(29)21-16-22(18(2)3)28(25-21)24(4,5)6/h8-11,16,18H,7,12-15,17H2,1-6H3. The van der Waals surface area contributed by atoms with E-state index in [9.17, 15) is 4.79 Å². The minimum Gasteiger partial charge on any atom is -0.494 e. The Morgan fingerprint density at radius 3 is 2.23 bits per heavy atom. The zero-order valence-electron chi connectivity index (χ0n) is 19.3. The van der Waals surface area contributed by atoms with Gasteiger partial charge in [0.05, 0.1) is 12.1 Å². The van der Waals surface area contributed by atoms with Crippen molar-refractivity contribution in [2.24, 2.45) is 0 Å². The highest BCUT2D eigenvalue weighted by atomic mass is 16.5. The van der Waals surface area contributed by atoms with E-state index in [0.717, 1.165) is 44.2 Å². The van der Waals surface area contributed by atoms with Crippen LogP contribution in [0.2, 0.25) is 0 Å². The first kappa shape index (κ1) is 22.3. The van der Waals surface area contributed by atoms with Crippen molar-refractivity contribution in [3.63, 3.8) is 0 Å². The molecule has 3 rings (SSSR count). The highest BCUT2D eigenvalue weighted by Gasteiger charge is 2.28. The minimum atomic E-state index is -0.144. The molecule has 0 atom stereocenters. The second kappa shape index (κ2) is 9.21. The number of amides is 1. The second-order valence-electron chi connectivity index (χ2n) is 9.34. The summed E-state index contributed by atoms with van der Waals surface area (Å²) in [4.78, 5) is 17.4. The van der Waals surface area contributed by atoms with Gasteiger partial charge in [0.15, 0.2) is 5.69 Å². The lowest BCUT2D eigenvalue weighted by Crippen LogP contribution is -2.48. The van der Waals surface area contributed by atoms with E-state index in [1.54, 1.807) is 0 Å². The summed E-state index contributed by atoms with van der Waals surface area (Å²) in [6.45, 7) is 17.4. The van der Waals surface area contributed by atoms with Crippen molar-refractivity contribution in [1.82, 2.24) is 19.6 Å². The number of hydrogen-bond donors (Lipinski definition) is 0. The third-order valence-electron chi connectivity index (χ3n) is 5.48. The molecule has 1 aliphatic rings. The maximum atomic E-state index is 13.1. The summed E-state index contributed by atoms with van der Waals surface area (Å²) in [5, 5.41) is 4.69. The quantitative estimate of drug-likeness (QED) is 0.716. The van der Waals surface area contributed by atoms with Crippen LogP contribution in [-0.2, 0) is 12.1 Å². The van der Waals surface area contributed by atoms with Crippen LogP contribution in [0.15, 0.2) is 30.3 Å². The first-order chi connectivity index (χ1) is 14.2. The highest BCUT2D eigenvalue weighted by Crippen LogP contribution is 2.24. The van der Waals surface area contributed by atoms with Crippen LogP contribution in [0.4, 0.5) is 0 Å². The molecular formula is C24H36N4O2. The van der Waals surface area contributed by atoms with E-state index in [1.807, 2.05) is 34.7 Å². The molecule has 0 N–H and O–H groups in total. The van der Waals surface area contributed by atoms with Crippen molar-refractivity contribution in [2.45, 2.75) is 59.5 Å². The third-order valence-corrected chi connectivity index (χ3v) is 5.48. The van der Waals surface area contributed by atoms with Gasteiger partial charge in [-0.15, -0.1) is 0 Å². The highest BCUT2D eigenvalue weighted by molar-refractivity contribution is 5.92. The Labute approximate surface area is 180 Å². The van der Waals surface area contributed by atoms with E-state index in [2.05, 4.69) is 56.8 Å². The van der Waals surface area contributed by atoms with Crippen LogP contribution < -0.4 is 4.74 Å². The monoisotopic (exact) mass is 412 g/mol. The molecule has 0 unspecified atom stereocenters. The molecule has 6 heteroatoms. The van der Waals surface area contributed by atoms with Gasteiger partial charge < -0.3 is 9.64 Å². The average molecular weight is 413 g/mol. The first-order valence-corrected chi connectivity index (χ1v) is 11.0. The van der Waals surface area contributed by atoms with Gasteiger partial charge in [-0.25, -0.2) is 0 Å². The molecule has 0 spiro atoms. The van der Waals surface area contributed by atoms with Crippen LogP contribution in [0.1, 0.15) is 69.2 Å². The Balaban J connectivity index is 1.60. The molecule has 1 aromatic carbocycles. The topological polar surface area (TPSA) is 50.6 Å². The number of nitrogens with zero attached hydrogens (tertiary/aromatic N) is 4. The fourth-order valence-corrected chi connectivity index (χ4v) is 3.84. The number of piperazine rings is 1. The number of hydrogen-bond acceptors (Lipinski definition) is 4. The summed E-state index contributed by atoms with van der Waals surface area (Å²) in [6.07, 6.45) is 0. The molecule has 0 bridgehead atoms. The molecule has 1 amide bonds. The number of rotatable bonds is 6. The maximum Gasteiger partial charge on any atom is 0.274 e. The summed E-state index contributed by atoms with van der Waals surface area (Å²) >= 11 is 0. The molecule has 0 aliphatic carbocycles. The summed E-state index contributed by atoms with van der Waals surface area (Å²) in [7, 11) is 0. The molecule has 164 valence electrons. The SMILES string of the molecule is CCOc1ccc(CN2CCN(C(=O)c3cc(C(C)C)n(C(C)(C)C)n3)CC2)cc1. The fourth-order valence-electron chi connectivity index (χ4n) is 3.84. The predicted octanol–water partition coefficient (Wildman–Crippen LogP) is 4.12. The summed E-state index contributed by atoms with van der Waals surface area (Å²) in [6, 6.07) is 10.3. The van der Waals surface area contributed by atoms with Gasteiger partial charge in [-0.3, -0.25) is 14.4 Å². The van der Waals surface area contributed by atoms with Gasteiger partial charge in [-0.05, 0) is 57.4 Å². The Hall–Kier alpha value is -2.34. The Kier molecular flexibility index (Phi) is 6.86. The van der Waals surface area contributed by atoms with Crippen molar-refractivity contribution >= 4 is 5.91 Å². The van der Waals surface area contributed by atoms with Crippen molar-refractivity contribution in [1.29, 1.82) is 0 Å². The van der Waals surface area contributed by atoms with Crippen LogP contribution in [-0.4, -0.2) is 58.3 Å². The summed E-state index contributed by atoms with van der Waals surface area (Å²) in [5.74, 6) is 1.27. The number of aromatic nitrogens is 2. The van der Waals surface area contributed by atoms with Gasteiger partial charge in [0, 0.05) is 38.4 Å². The van der Waals surface area contributed by atoms with E-state index in [-0.39, 0.29) is 11.4 Å². The molecule has 0 radical (unpaired) electrons. The molecular weight excluding hydrogens is 376 g/mol. The molecule has 1 aliphatic heterocycles. The van der Waals surface area contributed by atoms with Crippen LogP contribution in [0.25, 0.3) is 0 Å². The summed E-state index contributed by atoms with van der Waals surface area (Å²) < 4.78 is 7.52. The fraction of sp³-hybridized carbons (Fsp3) is 0.583. The van der Waals surface area contributed by atoms with E-state index in [0.29, 0.717) is 18.2 Å². The van der Waals surface area contributed by atoms with Gasteiger partial charge in [0.2, 0.25) is 0 Å². The molecule has 0 saturated carbocycles. The van der Waals surface area contributed by atoms with E-state index >= 15 is 0 Å². The van der Waals surface area contributed by atoms with E-state index in [1.165, 1.54) is 5.56 Å². The molecule has 30 heavy (non-hydrogen) atoms. The van der Waals surface area contributed by atoms with Gasteiger partial charge in [-0.1, -0.05) is 26.0 Å². The van der Waals surface area contributed by atoms with E-state index in [4.69, 9.17) is 4.74 Å². The van der Waals surface area contributed by atoms with Crippen LogP contribution in [0.3, 0.4) is 0 Å². The summed E-state index contributed by atoms with van der Waals surface area (Å²) in [5.41, 5.74) is 2.80. The largest absolute Gasteiger partial charge is 0.494 e. The van der Waals surface area contributed by atoms with Crippen LogP contribution in [0.5, 0.6) is 5.75 Å². The van der Waals surface area contributed by atoms with Crippen molar-refractivity contribution in [3.05, 3.63) is 47.3 Å². The minimum absolute atomic E-state index is 0.0422. The molecule has 1 aromatic heterocycles. The van der Waals surface area contributed by atoms with Gasteiger partial charge in [0.1, 0.15) is 5.75 Å². The van der Waals surface area contributed by atoms with Crippen molar-refractivity contribution < 1.29 is 9.53 Å². The lowest BCUT2D eigenvalue weighted by Gasteiger charge is -2.34. The normalized spacial score (nSPS) is 15.6. The lowest BCUT2D eigenvalue weighted by atomic mass is 10.1. The molecule has 2 heterocycles. The van der Waals surface area contributed by atoms with Crippen LogP contribution >= 0.6 is 0 Å². The zero-order chi connectivity index (χ0) is 21.9. The van der Waals surface area contributed by atoms with Gasteiger partial charge >= 0.3 is 0 Å². The van der Waals surface area contributed by atoms with Gasteiger partial charge in [-0.2, -0.15) is 5.10 Å². The Morgan fingerprint density at radius 1 is 1.10 bits per heavy atom. The zero-order valence-corrected chi connectivity index (χ0v) is 19.3. The van der Waals surface area contributed by atoms with Crippen molar-refractivity contribution in [3.8, 4) is 5.75 Å².